The normalized spacial score (nSPS) is 23.1. The number of halogens is 1. The van der Waals surface area contributed by atoms with Gasteiger partial charge in [0.05, 0.1) is 4.90 Å². The first-order valence-electron chi connectivity index (χ1n) is 6.92. The van der Waals surface area contributed by atoms with Gasteiger partial charge >= 0.3 is 0 Å². The predicted molar refractivity (Wildman–Crippen MR) is 81.5 cm³/mol. The number of nitrogens with one attached hydrogen (secondary N) is 2. The Morgan fingerprint density at radius 2 is 2.05 bits per heavy atom. The summed E-state index contributed by atoms with van der Waals surface area (Å²) in [6.07, 6.45) is 4.18. The lowest BCUT2D eigenvalue weighted by atomic mass is 9.94. The molecule has 1 aromatic carbocycles. The van der Waals surface area contributed by atoms with Gasteiger partial charge in [-0.3, -0.25) is 0 Å². The van der Waals surface area contributed by atoms with Crippen molar-refractivity contribution in [3.63, 3.8) is 0 Å². The number of rotatable bonds is 6. The molecule has 0 radical (unpaired) electrons. The van der Waals surface area contributed by atoms with Crippen molar-refractivity contribution in [2.24, 2.45) is 0 Å². The quantitative estimate of drug-likeness (QED) is 0.793. The fraction of sp³-hybridized carbons (Fsp3) is 0.571. The van der Waals surface area contributed by atoms with E-state index in [-0.39, 0.29) is 10.4 Å². The number of hydrogen-bond acceptors (Lipinski definition) is 3. The van der Waals surface area contributed by atoms with E-state index in [2.05, 4.69) is 17.0 Å². The Morgan fingerprint density at radius 3 is 2.65 bits per heavy atom. The van der Waals surface area contributed by atoms with Crippen molar-refractivity contribution in [1.82, 2.24) is 10.0 Å². The van der Waals surface area contributed by atoms with E-state index >= 15 is 0 Å². The van der Waals surface area contributed by atoms with Crippen LogP contribution >= 0.6 is 11.6 Å². The van der Waals surface area contributed by atoms with E-state index < -0.39 is 10.0 Å². The highest BCUT2D eigenvalue weighted by Gasteiger charge is 2.27. The van der Waals surface area contributed by atoms with Crippen molar-refractivity contribution in [3.8, 4) is 0 Å². The third-order valence-electron chi connectivity index (χ3n) is 3.78. The first-order valence-corrected chi connectivity index (χ1v) is 8.78. The van der Waals surface area contributed by atoms with E-state index in [1.54, 1.807) is 12.1 Å². The molecule has 0 amide bonds. The molecule has 1 heterocycles. The zero-order valence-electron chi connectivity index (χ0n) is 11.7. The summed E-state index contributed by atoms with van der Waals surface area (Å²) in [4.78, 5) is 0.257. The summed E-state index contributed by atoms with van der Waals surface area (Å²) in [6.45, 7) is 3.73. The van der Waals surface area contributed by atoms with Crippen LogP contribution in [0.15, 0.2) is 29.2 Å². The molecule has 0 spiro atoms. The highest BCUT2D eigenvalue weighted by Crippen LogP contribution is 2.23. The average molecular weight is 317 g/mol. The molecule has 0 aliphatic carbocycles. The van der Waals surface area contributed by atoms with Gasteiger partial charge in [-0.2, -0.15) is 0 Å². The van der Waals surface area contributed by atoms with Crippen LogP contribution in [-0.4, -0.2) is 27.0 Å². The van der Waals surface area contributed by atoms with Crippen LogP contribution in [-0.2, 0) is 10.0 Å². The van der Waals surface area contributed by atoms with Gasteiger partial charge in [-0.1, -0.05) is 11.6 Å². The van der Waals surface area contributed by atoms with E-state index in [9.17, 15) is 8.42 Å². The SMILES string of the molecule is C[C@@]1(CCCNS(=O)(=O)c2ccc(Cl)cc2)CCCN1. The molecular weight excluding hydrogens is 296 g/mol. The lowest BCUT2D eigenvalue weighted by molar-refractivity contribution is 0.373. The maximum Gasteiger partial charge on any atom is 0.240 e. The second-order valence-electron chi connectivity index (χ2n) is 5.55. The molecule has 1 aromatic rings. The minimum absolute atomic E-state index is 0.172. The van der Waals surface area contributed by atoms with Gasteiger partial charge in [0, 0.05) is 17.1 Å². The van der Waals surface area contributed by atoms with Gasteiger partial charge in [-0.25, -0.2) is 13.1 Å². The Morgan fingerprint density at radius 1 is 1.35 bits per heavy atom. The fourth-order valence-electron chi connectivity index (χ4n) is 2.55. The van der Waals surface area contributed by atoms with Crippen LogP contribution < -0.4 is 10.0 Å². The molecule has 0 bridgehead atoms. The van der Waals surface area contributed by atoms with Gasteiger partial charge in [0.25, 0.3) is 0 Å². The standard InChI is InChI=1S/C14H21ClN2O2S/c1-14(8-2-10-16-14)9-3-11-17-20(18,19)13-6-4-12(15)5-7-13/h4-7,16-17H,2-3,8-11H2,1H3/t14-/m0/s1. The second kappa shape index (κ2) is 6.43. The van der Waals surface area contributed by atoms with Crippen LogP contribution in [0.1, 0.15) is 32.6 Å². The topological polar surface area (TPSA) is 58.2 Å². The molecule has 2 rings (SSSR count). The maximum atomic E-state index is 12.0. The van der Waals surface area contributed by atoms with Crippen LogP contribution in [0.3, 0.4) is 0 Å². The fourth-order valence-corrected chi connectivity index (χ4v) is 3.75. The first kappa shape index (κ1) is 15.8. The third kappa shape index (κ3) is 4.19. The van der Waals surface area contributed by atoms with Crippen molar-refractivity contribution in [2.45, 2.75) is 43.0 Å². The highest BCUT2D eigenvalue weighted by molar-refractivity contribution is 7.89. The highest BCUT2D eigenvalue weighted by atomic mass is 35.5. The van der Waals surface area contributed by atoms with E-state index in [1.807, 2.05) is 0 Å². The van der Waals surface area contributed by atoms with E-state index in [0.717, 1.165) is 25.8 Å². The number of hydrogen-bond donors (Lipinski definition) is 2. The summed E-state index contributed by atoms with van der Waals surface area (Å²) in [5, 5.41) is 4.01. The molecule has 1 aliphatic heterocycles. The first-order chi connectivity index (χ1) is 9.41. The number of sulfonamides is 1. The van der Waals surface area contributed by atoms with Crippen LogP contribution in [0.4, 0.5) is 0 Å². The lowest BCUT2D eigenvalue weighted by Gasteiger charge is -2.24. The predicted octanol–water partition coefficient (Wildman–Crippen LogP) is 2.54. The van der Waals surface area contributed by atoms with Gasteiger partial charge in [-0.15, -0.1) is 0 Å². The zero-order valence-corrected chi connectivity index (χ0v) is 13.2. The summed E-state index contributed by atoms with van der Waals surface area (Å²) >= 11 is 5.75. The van der Waals surface area contributed by atoms with Crippen LogP contribution in [0.25, 0.3) is 0 Å². The molecule has 20 heavy (non-hydrogen) atoms. The van der Waals surface area contributed by atoms with Crippen molar-refractivity contribution >= 4 is 21.6 Å². The van der Waals surface area contributed by atoms with Crippen molar-refractivity contribution in [2.75, 3.05) is 13.1 Å². The summed E-state index contributed by atoms with van der Waals surface area (Å²) in [5.41, 5.74) is 0.172. The van der Waals surface area contributed by atoms with Crippen LogP contribution in [0, 0.1) is 0 Å². The molecule has 1 atom stereocenters. The van der Waals surface area contributed by atoms with Crippen LogP contribution in [0.5, 0.6) is 0 Å². The van der Waals surface area contributed by atoms with Gasteiger partial charge in [0.15, 0.2) is 0 Å². The molecule has 0 saturated carbocycles. The largest absolute Gasteiger partial charge is 0.312 e. The van der Waals surface area contributed by atoms with Crippen molar-refractivity contribution < 1.29 is 8.42 Å². The molecule has 0 aromatic heterocycles. The number of benzene rings is 1. The summed E-state index contributed by atoms with van der Waals surface area (Å²) in [7, 11) is -3.42. The molecule has 0 unspecified atom stereocenters. The Balaban J connectivity index is 1.82. The monoisotopic (exact) mass is 316 g/mol. The summed E-state index contributed by atoms with van der Waals surface area (Å²) < 4.78 is 26.7. The Labute approximate surface area is 126 Å². The molecule has 1 saturated heterocycles. The molecule has 6 heteroatoms. The Bertz CT molecular complexity index is 537. The Hall–Kier alpha value is -0.620. The molecule has 112 valence electrons. The van der Waals surface area contributed by atoms with Gasteiger partial charge in [-0.05, 0) is 63.4 Å². The molecule has 2 N–H and O–H groups in total. The van der Waals surface area contributed by atoms with Gasteiger partial charge in [0.2, 0.25) is 10.0 Å². The van der Waals surface area contributed by atoms with E-state index in [4.69, 9.17) is 11.6 Å². The van der Waals surface area contributed by atoms with Crippen molar-refractivity contribution in [1.29, 1.82) is 0 Å². The molecule has 4 nitrogen and oxygen atoms in total. The molecular formula is C14H21ClN2O2S. The molecule has 1 fully saturated rings. The summed E-state index contributed by atoms with van der Waals surface area (Å²) in [5.74, 6) is 0. The van der Waals surface area contributed by atoms with Gasteiger partial charge in [0.1, 0.15) is 0 Å². The van der Waals surface area contributed by atoms with Gasteiger partial charge < -0.3 is 5.32 Å². The average Bonchev–Trinajstić information content (AvgIpc) is 2.83. The Kier molecular flexibility index (Phi) is 5.07. The minimum atomic E-state index is -3.42. The summed E-state index contributed by atoms with van der Waals surface area (Å²) in [6, 6.07) is 6.20. The molecule has 1 aliphatic rings. The minimum Gasteiger partial charge on any atom is -0.312 e. The maximum absolute atomic E-state index is 12.0. The van der Waals surface area contributed by atoms with Crippen LogP contribution in [0.2, 0.25) is 5.02 Å². The zero-order chi connectivity index (χ0) is 14.6. The van der Waals surface area contributed by atoms with Crippen molar-refractivity contribution in [3.05, 3.63) is 29.3 Å². The lowest BCUT2D eigenvalue weighted by Crippen LogP contribution is -2.37. The third-order valence-corrected chi connectivity index (χ3v) is 5.51. The smallest absolute Gasteiger partial charge is 0.240 e. The van der Waals surface area contributed by atoms with E-state index in [1.165, 1.54) is 18.6 Å². The van der Waals surface area contributed by atoms with E-state index in [0.29, 0.717) is 11.6 Å². The second-order valence-corrected chi connectivity index (χ2v) is 7.75.